The summed E-state index contributed by atoms with van der Waals surface area (Å²) in [4.78, 5) is 0. The first kappa shape index (κ1) is 8.98. The summed E-state index contributed by atoms with van der Waals surface area (Å²) in [6.45, 7) is 2.02. The van der Waals surface area contributed by atoms with Crippen molar-refractivity contribution in [3.05, 3.63) is 0 Å². The molecule has 0 amide bonds. The molecule has 1 nitrogen and oxygen atoms in total. The van der Waals surface area contributed by atoms with Gasteiger partial charge in [-0.25, -0.2) is 4.39 Å². The summed E-state index contributed by atoms with van der Waals surface area (Å²) in [5.41, 5.74) is -0.00958. The molecule has 1 saturated carbocycles. The molecule has 0 aromatic carbocycles. The van der Waals surface area contributed by atoms with Crippen LogP contribution in [0.3, 0.4) is 0 Å². The zero-order valence-corrected chi connectivity index (χ0v) is 7.24. The third-order valence-electron chi connectivity index (χ3n) is 2.44. The second-order valence-electron chi connectivity index (χ2n) is 3.55. The van der Waals surface area contributed by atoms with Crippen molar-refractivity contribution in [1.82, 2.24) is 0 Å². The van der Waals surface area contributed by atoms with Crippen LogP contribution in [0.1, 0.15) is 39.0 Å². The van der Waals surface area contributed by atoms with Gasteiger partial charge in [0.1, 0.15) is 6.67 Å². The Morgan fingerprint density at radius 2 is 1.91 bits per heavy atom. The minimum Gasteiger partial charge on any atom is -0.373 e. The highest BCUT2D eigenvalue weighted by Crippen LogP contribution is 2.30. The van der Waals surface area contributed by atoms with Gasteiger partial charge < -0.3 is 4.74 Å². The van der Waals surface area contributed by atoms with E-state index in [2.05, 4.69) is 6.92 Å². The maximum absolute atomic E-state index is 11.8. The molecule has 0 bridgehead atoms. The largest absolute Gasteiger partial charge is 0.373 e. The summed E-state index contributed by atoms with van der Waals surface area (Å²) in [5, 5.41) is 0. The first-order valence-electron chi connectivity index (χ1n) is 4.47. The zero-order valence-electron chi connectivity index (χ0n) is 7.24. The lowest BCUT2D eigenvalue weighted by Crippen LogP contribution is -2.31. The van der Waals surface area contributed by atoms with Crippen LogP contribution >= 0.6 is 0 Å². The topological polar surface area (TPSA) is 9.23 Å². The van der Waals surface area contributed by atoms with Crippen molar-refractivity contribution in [3.63, 3.8) is 0 Å². The predicted molar refractivity (Wildman–Crippen MR) is 43.4 cm³/mol. The van der Waals surface area contributed by atoms with Crippen LogP contribution in [-0.2, 0) is 4.74 Å². The van der Waals surface area contributed by atoms with E-state index >= 15 is 0 Å². The first-order chi connectivity index (χ1) is 5.27. The van der Waals surface area contributed by atoms with Gasteiger partial charge in [-0.05, 0) is 19.8 Å². The molecular formula is C9H17FO. The summed E-state index contributed by atoms with van der Waals surface area (Å²) in [7, 11) is 0. The SMILES string of the molecule is CC1(OCCF)CCCCC1. The van der Waals surface area contributed by atoms with Crippen LogP contribution in [-0.4, -0.2) is 18.9 Å². The number of hydrogen-bond acceptors (Lipinski definition) is 1. The number of rotatable bonds is 3. The summed E-state index contributed by atoms with van der Waals surface area (Å²) in [5.74, 6) is 0. The van der Waals surface area contributed by atoms with Gasteiger partial charge in [0.25, 0.3) is 0 Å². The molecule has 0 atom stereocenters. The highest BCUT2D eigenvalue weighted by atomic mass is 19.1. The smallest absolute Gasteiger partial charge is 0.113 e. The van der Waals surface area contributed by atoms with E-state index in [0.29, 0.717) is 0 Å². The molecule has 1 aliphatic rings. The minimum atomic E-state index is -0.352. The molecule has 0 unspecified atom stereocenters. The lowest BCUT2D eigenvalue weighted by atomic mass is 9.86. The van der Waals surface area contributed by atoms with Crippen molar-refractivity contribution >= 4 is 0 Å². The van der Waals surface area contributed by atoms with E-state index in [-0.39, 0.29) is 18.9 Å². The third kappa shape index (κ3) is 2.78. The summed E-state index contributed by atoms with van der Waals surface area (Å²) < 4.78 is 17.2. The van der Waals surface area contributed by atoms with Gasteiger partial charge in [-0.1, -0.05) is 19.3 Å². The Morgan fingerprint density at radius 1 is 1.27 bits per heavy atom. The van der Waals surface area contributed by atoms with Crippen LogP contribution in [0.2, 0.25) is 0 Å². The van der Waals surface area contributed by atoms with Gasteiger partial charge in [-0.2, -0.15) is 0 Å². The molecular weight excluding hydrogens is 143 g/mol. The molecule has 0 N–H and O–H groups in total. The van der Waals surface area contributed by atoms with Crippen LogP contribution in [0, 0.1) is 0 Å². The van der Waals surface area contributed by atoms with Crippen molar-refractivity contribution < 1.29 is 9.13 Å². The number of alkyl halides is 1. The Balaban J connectivity index is 2.25. The molecule has 1 aliphatic carbocycles. The zero-order chi connectivity index (χ0) is 8.16. The monoisotopic (exact) mass is 160 g/mol. The standard InChI is InChI=1S/C9H17FO/c1-9(11-8-7-10)5-3-2-4-6-9/h2-8H2,1H3. The third-order valence-corrected chi connectivity index (χ3v) is 2.44. The quantitative estimate of drug-likeness (QED) is 0.616. The number of ether oxygens (including phenoxy) is 1. The maximum atomic E-state index is 11.8. The van der Waals surface area contributed by atoms with Crippen LogP contribution < -0.4 is 0 Å². The molecule has 0 saturated heterocycles. The van der Waals surface area contributed by atoms with Crippen LogP contribution in [0.5, 0.6) is 0 Å². The van der Waals surface area contributed by atoms with E-state index in [1.807, 2.05) is 0 Å². The van der Waals surface area contributed by atoms with E-state index in [1.54, 1.807) is 0 Å². The fourth-order valence-corrected chi connectivity index (χ4v) is 1.73. The molecule has 11 heavy (non-hydrogen) atoms. The van der Waals surface area contributed by atoms with Crippen molar-refractivity contribution in [2.24, 2.45) is 0 Å². The molecule has 0 aliphatic heterocycles. The Bertz CT molecular complexity index is 108. The van der Waals surface area contributed by atoms with Gasteiger partial charge in [-0.3, -0.25) is 0 Å². The fourth-order valence-electron chi connectivity index (χ4n) is 1.73. The molecule has 0 radical (unpaired) electrons. The Hall–Kier alpha value is -0.110. The van der Waals surface area contributed by atoms with Gasteiger partial charge in [0, 0.05) is 0 Å². The van der Waals surface area contributed by atoms with Crippen LogP contribution in [0.4, 0.5) is 4.39 Å². The average molecular weight is 160 g/mol. The fraction of sp³-hybridized carbons (Fsp3) is 1.00. The highest BCUT2D eigenvalue weighted by Gasteiger charge is 2.26. The van der Waals surface area contributed by atoms with Gasteiger partial charge in [0.05, 0.1) is 12.2 Å². The molecule has 0 spiro atoms. The summed E-state index contributed by atoms with van der Waals surface area (Å²) >= 11 is 0. The molecule has 0 aromatic heterocycles. The van der Waals surface area contributed by atoms with E-state index in [0.717, 1.165) is 12.8 Å². The first-order valence-corrected chi connectivity index (χ1v) is 4.47. The normalized spacial score (nSPS) is 23.5. The maximum Gasteiger partial charge on any atom is 0.113 e. The van der Waals surface area contributed by atoms with Crippen molar-refractivity contribution in [2.75, 3.05) is 13.3 Å². The molecule has 0 heterocycles. The van der Waals surface area contributed by atoms with Gasteiger partial charge in [0.2, 0.25) is 0 Å². The number of hydrogen-bond donors (Lipinski definition) is 0. The van der Waals surface area contributed by atoms with E-state index in [9.17, 15) is 4.39 Å². The van der Waals surface area contributed by atoms with Crippen molar-refractivity contribution in [2.45, 2.75) is 44.6 Å². The molecule has 66 valence electrons. The highest BCUT2D eigenvalue weighted by molar-refractivity contribution is 4.79. The molecule has 2 heteroatoms. The summed E-state index contributed by atoms with van der Waals surface area (Å²) in [6, 6.07) is 0. The second-order valence-corrected chi connectivity index (χ2v) is 3.55. The lowest BCUT2D eigenvalue weighted by molar-refractivity contribution is -0.0601. The molecule has 0 aromatic rings. The second kappa shape index (κ2) is 4.05. The van der Waals surface area contributed by atoms with Gasteiger partial charge in [0.15, 0.2) is 0 Å². The van der Waals surface area contributed by atoms with E-state index in [1.165, 1.54) is 19.3 Å². The molecule has 1 fully saturated rings. The van der Waals surface area contributed by atoms with E-state index < -0.39 is 0 Å². The predicted octanol–water partition coefficient (Wildman–Crippen LogP) is 2.70. The van der Waals surface area contributed by atoms with Crippen LogP contribution in [0.25, 0.3) is 0 Å². The van der Waals surface area contributed by atoms with Crippen molar-refractivity contribution in [1.29, 1.82) is 0 Å². The molecule has 1 rings (SSSR count). The van der Waals surface area contributed by atoms with Crippen molar-refractivity contribution in [3.8, 4) is 0 Å². The summed E-state index contributed by atoms with van der Waals surface area (Å²) in [6.07, 6.45) is 6.00. The van der Waals surface area contributed by atoms with E-state index in [4.69, 9.17) is 4.74 Å². The lowest BCUT2D eigenvalue weighted by Gasteiger charge is -2.33. The van der Waals surface area contributed by atoms with Gasteiger partial charge >= 0.3 is 0 Å². The minimum absolute atomic E-state index is 0.00958. The number of halogens is 1. The Labute approximate surface area is 67.9 Å². The Morgan fingerprint density at radius 3 is 2.45 bits per heavy atom. The van der Waals surface area contributed by atoms with Crippen LogP contribution in [0.15, 0.2) is 0 Å². The van der Waals surface area contributed by atoms with Gasteiger partial charge in [-0.15, -0.1) is 0 Å². The average Bonchev–Trinajstić information content (AvgIpc) is 2.03. The Kier molecular flexibility index (Phi) is 3.31.